The first-order valence-corrected chi connectivity index (χ1v) is 17.5. The summed E-state index contributed by atoms with van der Waals surface area (Å²) in [5, 5.41) is 3.58. The molecule has 0 aromatic heterocycles. The van der Waals surface area contributed by atoms with E-state index in [4.69, 9.17) is 11.6 Å². The van der Waals surface area contributed by atoms with Crippen molar-refractivity contribution in [3.05, 3.63) is 130 Å². The Bertz CT molecular complexity index is 1740. The predicted octanol–water partition coefficient (Wildman–Crippen LogP) is 6.85. The highest BCUT2D eigenvalue weighted by molar-refractivity contribution is 7.92. The zero-order chi connectivity index (χ0) is 32.7. The number of halogens is 1. The predicted molar refractivity (Wildman–Crippen MR) is 183 cm³/mol. The van der Waals surface area contributed by atoms with Crippen molar-refractivity contribution in [2.75, 3.05) is 10.8 Å². The molecule has 1 atom stereocenters. The van der Waals surface area contributed by atoms with Crippen LogP contribution in [0.3, 0.4) is 0 Å². The highest BCUT2D eigenvalue weighted by Gasteiger charge is 2.36. The number of carbonyl (C=O) groups is 2. The van der Waals surface area contributed by atoms with E-state index in [2.05, 4.69) is 5.32 Å². The minimum Gasteiger partial charge on any atom is -0.352 e. The van der Waals surface area contributed by atoms with Gasteiger partial charge < -0.3 is 10.2 Å². The number of rotatable bonds is 12. The van der Waals surface area contributed by atoms with Gasteiger partial charge in [-0.05, 0) is 67.6 Å². The van der Waals surface area contributed by atoms with Crippen LogP contribution in [0.25, 0.3) is 0 Å². The molecule has 0 aliphatic heterocycles. The van der Waals surface area contributed by atoms with Crippen molar-refractivity contribution in [2.24, 2.45) is 0 Å². The number of anilines is 1. The third kappa shape index (κ3) is 7.98. The molecule has 4 aromatic rings. The average Bonchev–Trinajstić information content (AvgIpc) is 3.57. The van der Waals surface area contributed by atoms with Gasteiger partial charge in [0.25, 0.3) is 10.0 Å². The van der Waals surface area contributed by atoms with Gasteiger partial charge in [-0.25, -0.2) is 8.42 Å². The number of nitrogens with zero attached hydrogens (tertiary/aromatic N) is 2. The maximum atomic E-state index is 14.6. The van der Waals surface area contributed by atoms with Crippen LogP contribution in [0.15, 0.2) is 108 Å². The highest BCUT2D eigenvalue weighted by atomic mass is 35.5. The molecule has 1 saturated carbocycles. The first-order chi connectivity index (χ1) is 22.1. The van der Waals surface area contributed by atoms with Crippen molar-refractivity contribution < 1.29 is 18.0 Å². The molecular formula is C37H40ClN3O4S. The van der Waals surface area contributed by atoms with Crippen molar-refractivity contribution in [3.63, 3.8) is 0 Å². The Morgan fingerprint density at radius 1 is 0.826 bits per heavy atom. The third-order valence-electron chi connectivity index (χ3n) is 8.56. The molecule has 4 aromatic carbocycles. The van der Waals surface area contributed by atoms with Gasteiger partial charge in [0, 0.05) is 24.0 Å². The maximum Gasteiger partial charge on any atom is 0.264 e. The van der Waals surface area contributed by atoms with Crippen LogP contribution in [0.2, 0.25) is 5.02 Å². The number of sulfonamides is 1. The number of carbonyl (C=O) groups excluding carboxylic acids is 2. The molecule has 2 amide bonds. The van der Waals surface area contributed by atoms with E-state index in [1.165, 1.54) is 17.0 Å². The molecule has 1 fully saturated rings. The Morgan fingerprint density at radius 3 is 2.07 bits per heavy atom. The maximum absolute atomic E-state index is 14.6. The molecule has 9 heteroatoms. The van der Waals surface area contributed by atoms with Crippen LogP contribution < -0.4 is 9.62 Å². The summed E-state index contributed by atoms with van der Waals surface area (Å²) < 4.78 is 29.7. The van der Waals surface area contributed by atoms with Gasteiger partial charge in [-0.15, -0.1) is 0 Å². The lowest BCUT2D eigenvalue weighted by Gasteiger charge is -2.34. The molecule has 0 unspecified atom stereocenters. The van der Waals surface area contributed by atoms with Gasteiger partial charge in [-0.2, -0.15) is 0 Å². The molecule has 0 spiro atoms. The Hall–Kier alpha value is -4.14. The van der Waals surface area contributed by atoms with Crippen LogP contribution in [0.4, 0.5) is 5.69 Å². The second kappa shape index (κ2) is 15.0. The topological polar surface area (TPSA) is 86.8 Å². The van der Waals surface area contributed by atoms with Crippen molar-refractivity contribution in [1.82, 2.24) is 10.2 Å². The van der Waals surface area contributed by atoms with Gasteiger partial charge in [0.2, 0.25) is 11.8 Å². The molecule has 7 nitrogen and oxygen atoms in total. The smallest absolute Gasteiger partial charge is 0.264 e. The Morgan fingerprint density at radius 2 is 1.43 bits per heavy atom. The summed E-state index contributed by atoms with van der Waals surface area (Å²) in [4.78, 5) is 30.3. The van der Waals surface area contributed by atoms with E-state index in [9.17, 15) is 18.0 Å². The Balaban J connectivity index is 1.58. The summed E-state index contributed by atoms with van der Waals surface area (Å²) in [7, 11) is -4.21. The summed E-state index contributed by atoms with van der Waals surface area (Å²) in [6.07, 6.45) is 4.16. The number of benzene rings is 4. The fraction of sp³-hybridized carbons (Fsp3) is 0.297. The highest BCUT2D eigenvalue weighted by Crippen LogP contribution is 2.31. The van der Waals surface area contributed by atoms with Crippen LogP contribution in [-0.2, 0) is 32.6 Å². The average molecular weight is 658 g/mol. The Labute approximate surface area is 277 Å². The zero-order valence-corrected chi connectivity index (χ0v) is 27.8. The standard InChI is InChI=1S/C37H40ClN3O4S/c1-27-20-22-32(23-21-27)46(44,45)41(34-19-11-18-33(38)28(34)2)26-36(42)40(25-30-14-7-4-8-15-30)35(24-29-12-5-3-6-13-29)37(43)39-31-16-9-10-17-31/h3-8,11-15,18-23,31,35H,9-10,16-17,24-26H2,1-2H3,(H,39,43)/t35-/m0/s1. The summed E-state index contributed by atoms with van der Waals surface area (Å²) in [6, 6.07) is 29.7. The lowest BCUT2D eigenvalue weighted by atomic mass is 10.0. The third-order valence-corrected chi connectivity index (χ3v) is 10.7. The monoisotopic (exact) mass is 657 g/mol. The number of amides is 2. The van der Waals surface area contributed by atoms with Gasteiger partial charge in [0.05, 0.1) is 10.6 Å². The minimum atomic E-state index is -4.21. The molecule has 1 N–H and O–H groups in total. The summed E-state index contributed by atoms with van der Waals surface area (Å²) >= 11 is 6.47. The quantitative estimate of drug-likeness (QED) is 0.181. The van der Waals surface area contributed by atoms with Gasteiger partial charge in [0.15, 0.2) is 0 Å². The van der Waals surface area contributed by atoms with E-state index < -0.39 is 28.5 Å². The van der Waals surface area contributed by atoms with E-state index in [1.807, 2.05) is 67.6 Å². The molecule has 240 valence electrons. The first-order valence-electron chi connectivity index (χ1n) is 15.7. The van der Waals surface area contributed by atoms with Gasteiger partial charge in [0.1, 0.15) is 12.6 Å². The fourth-order valence-corrected chi connectivity index (χ4v) is 7.56. The molecule has 0 radical (unpaired) electrons. The molecule has 0 saturated heterocycles. The number of nitrogens with one attached hydrogen (secondary N) is 1. The SMILES string of the molecule is Cc1ccc(S(=O)(=O)N(CC(=O)N(Cc2ccccc2)[C@@H](Cc2ccccc2)C(=O)NC2CCCC2)c2cccc(Cl)c2C)cc1. The molecule has 5 rings (SSSR count). The lowest BCUT2D eigenvalue weighted by molar-refractivity contribution is -0.140. The second-order valence-corrected chi connectivity index (χ2v) is 14.2. The van der Waals surface area contributed by atoms with E-state index in [1.54, 1.807) is 37.3 Å². The largest absolute Gasteiger partial charge is 0.352 e. The van der Waals surface area contributed by atoms with E-state index in [0.29, 0.717) is 16.3 Å². The lowest BCUT2D eigenvalue weighted by Crippen LogP contribution is -2.54. The van der Waals surface area contributed by atoms with Crippen molar-refractivity contribution in [1.29, 1.82) is 0 Å². The zero-order valence-electron chi connectivity index (χ0n) is 26.2. The minimum absolute atomic E-state index is 0.0481. The first kappa shape index (κ1) is 33.2. The molecule has 0 heterocycles. The summed E-state index contributed by atoms with van der Waals surface area (Å²) in [6.45, 7) is 3.22. The van der Waals surface area contributed by atoms with E-state index >= 15 is 0 Å². The van der Waals surface area contributed by atoms with Crippen LogP contribution in [0.5, 0.6) is 0 Å². The Kier molecular flexibility index (Phi) is 10.8. The van der Waals surface area contributed by atoms with Crippen LogP contribution in [0.1, 0.15) is 47.9 Å². The number of hydrogen-bond acceptors (Lipinski definition) is 4. The summed E-state index contributed by atoms with van der Waals surface area (Å²) in [5.41, 5.74) is 3.47. The van der Waals surface area contributed by atoms with E-state index in [-0.39, 0.29) is 29.8 Å². The van der Waals surface area contributed by atoms with Crippen molar-refractivity contribution >= 4 is 39.1 Å². The van der Waals surface area contributed by atoms with E-state index in [0.717, 1.165) is 46.7 Å². The summed E-state index contributed by atoms with van der Waals surface area (Å²) in [5.74, 6) is -0.742. The molecule has 1 aliphatic carbocycles. The second-order valence-electron chi connectivity index (χ2n) is 11.9. The molecule has 1 aliphatic rings. The van der Waals surface area contributed by atoms with Crippen molar-refractivity contribution in [3.8, 4) is 0 Å². The van der Waals surface area contributed by atoms with Crippen molar-refractivity contribution in [2.45, 2.75) is 69.5 Å². The van der Waals surface area contributed by atoms with Crippen LogP contribution in [0, 0.1) is 13.8 Å². The number of hydrogen-bond donors (Lipinski definition) is 1. The number of aryl methyl sites for hydroxylation is 1. The molecule has 46 heavy (non-hydrogen) atoms. The van der Waals surface area contributed by atoms with Gasteiger partial charge >= 0.3 is 0 Å². The normalized spacial score (nSPS) is 14.1. The molecule has 0 bridgehead atoms. The van der Waals surface area contributed by atoms with Crippen LogP contribution >= 0.6 is 11.6 Å². The fourth-order valence-electron chi connectivity index (χ4n) is 5.92. The molecular weight excluding hydrogens is 618 g/mol. The van der Waals surface area contributed by atoms with Gasteiger partial charge in [-0.1, -0.05) is 109 Å². The van der Waals surface area contributed by atoms with Crippen LogP contribution in [-0.4, -0.2) is 43.8 Å². The van der Waals surface area contributed by atoms with Gasteiger partial charge in [-0.3, -0.25) is 13.9 Å².